The van der Waals surface area contributed by atoms with Crippen molar-refractivity contribution in [3.63, 3.8) is 0 Å². The Balaban J connectivity index is 1.66. The Hall–Kier alpha value is -1.85. The van der Waals surface area contributed by atoms with Crippen LogP contribution in [0.1, 0.15) is 50.2 Å². The average Bonchev–Trinajstić information content (AvgIpc) is 3.04. The highest BCUT2D eigenvalue weighted by atomic mass is 16.5. The molecule has 4 atom stereocenters. The highest BCUT2D eigenvalue weighted by Crippen LogP contribution is 2.64. The van der Waals surface area contributed by atoms with Crippen LogP contribution in [0.3, 0.4) is 0 Å². The lowest BCUT2D eigenvalue weighted by Gasteiger charge is -2.62. The first kappa shape index (κ1) is 18.2. The van der Waals surface area contributed by atoms with E-state index in [0.29, 0.717) is 25.2 Å². The number of Topliss-reactive ketones (excluding diaryl/α,β-unsaturated/α-hetero) is 1. The summed E-state index contributed by atoms with van der Waals surface area (Å²) in [5.74, 6) is 1.55. The van der Waals surface area contributed by atoms with Crippen LogP contribution < -0.4 is 9.47 Å². The summed E-state index contributed by atoms with van der Waals surface area (Å²) in [5.41, 5.74) is 0.653. The average molecular weight is 383 g/mol. The third-order valence-electron chi connectivity index (χ3n) is 7.47. The zero-order valence-corrected chi connectivity index (χ0v) is 16.6. The standard InChI is InChI=1S/C23H29NO4/c1-3-5-13-27-17-7-6-15-14-18-23(26)9-8-16(25)21-22(23,19(15)20(17)28-21)10-12-24(18)11-4-2/h4,6-7,18,21,26H,2-3,5,8-14H2,1H3. The zero-order valence-electron chi connectivity index (χ0n) is 16.6. The molecule has 150 valence electrons. The number of ether oxygens (including phenoxy) is 2. The topological polar surface area (TPSA) is 59.0 Å². The Bertz CT molecular complexity index is 836. The molecule has 2 aliphatic carbocycles. The van der Waals surface area contributed by atoms with Gasteiger partial charge in [0, 0.05) is 31.1 Å². The van der Waals surface area contributed by atoms with Crippen LogP contribution in [0.2, 0.25) is 0 Å². The first-order valence-electron chi connectivity index (χ1n) is 10.6. The van der Waals surface area contributed by atoms with Crippen molar-refractivity contribution >= 4 is 5.78 Å². The molecule has 2 bridgehead atoms. The number of hydrogen-bond donors (Lipinski definition) is 1. The number of unbranched alkanes of at least 4 members (excludes halogenated alkanes) is 1. The Morgan fingerprint density at radius 1 is 1.43 bits per heavy atom. The summed E-state index contributed by atoms with van der Waals surface area (Å²) >= 11 is 0. The van der Waals surface area contributed by atoms with Crippen LogP contribution in [0, 0.1) is 0 Å². The number of nitrogens with zero attached hydrogens (tertiary/aromatic N) is 1. The van der Waals surface area contributed by atoms with Crippen molar-refractivity contribution in [2.45, 2.75) is 68.6 Å². The van der Waals surface area contributed by atoms with Gasteiger partial charge in [-0.1, -0.05) is 25.5 Å². The van der Waals surface area contributed by atoms with Gasteiger partial charge in [-0.2, -0.15) is 0 Å². The highest BCUT2D eigenvalue weighted by molar-refractivity contribution is 5.90. The van der Waals surface area contributed by atoms with Gasteiger partial charge in [0.1, 0.15) is 0 Å². The molecule has 5 rings (SSSR count). The van der Waals surface area contributed by atoms with Crippen molar-refractivity contribution in [1.82, 2.24) is 4.90 Å². The first-order valence-corrected chi connectivity index (χ1v) is 10.6. The normalized spacial score (nSPS) is 35.3. The number of benzene rings is 1. The van der Waals surface area contributed by atoms with Crippen molar-refractivity contribution in [3.05, 3.63) is 35.9 Å². The second-order valence-electron chi connectivity index (χ2n) is 8.74. The largest absolute Gasteiger partial charge is 0.490 e. The van der Waals surface area contributed by atoms with Crippen LogP contribution in [0.4, 0.5) is 0 Å². The predicted octanol–water partition coefficient (Wildman–Crippen LogP) is 2.77. The molecule has 4 aliphatic rings. The molecule has 0 amide bonds. The van der Waals surface area contributed by atoms with Gasteiger partial charge in [0.25, 0.3) is 0 Å². The molecule has 5 heteroatoms. The monoisotopic (exact) mass is 383 g/mol. The minimum Gasteiger partial charge on any atom is -0.490 e. The van der Waals surface area contributed by atoms with E-state index < -0.39 is 17.1 Å². The third-order valence-corrected chi connectivity index (χ3v) is 7.47. The zero-order chi connectivity index (χ0) is 19.5. The number of piperidine rings is 1. The van der Waals surface area contributed by atoms with E-state index in [-0.39, 0.29) is 11.8 Å². The molecule has 1 saturated heterocycles. The molecule has 2 aliphatic heterocycles. The van der Waals surface area contributed by atoms with Gasteiger partial charge in [0.15, 0.2) is 23.4 Å². The van der Waals surface area contributed by atoms with E-state index >= 15 is 0 Å². The van der Waals surface area contributed by atoms with E-state index in [9.17, 15) is 9.90 Å². The van der Waals surface area contributed by atoms with E-state index in [4.69, 9.17) is 9.47 Å². The van der Waals surface area contributed by atoms with E-state index in [0.717, 1.165) is 50.1 Å². The van der Waals surface area contributed by atoms with E-state index in [2.05, 4.69) is 24.5 Å². The molecule has 1 spiro atoms. The first-order chi connectivity index (χ1) is 13.6. The van der Waals surface area contributed by atoms with E-state index in [1.807, 2.05) is 12.1 Å². The molecule has 0 aromatic heterocycles. The van der Waals surface area contributed by atoms with Crippen molar-refractivity contribution < 1.29 is 19.4 Å². The Morgan fingerprint density at radius 3 is 3.07 bits per heavy atom. The van der Waals surface area contributed by atoms with Crippen molar-refractivity contribution in [2.75, 3.05) is 19.7 Å². The fraction of sp³-hybridized carbons (Fsp3) is 0.609. The van der Waals surface area contributed by atoms with Crippen LogP contribution >= 0.6 is 0 Å². The molecule has 0 radical (unpaired) electrons. The number of ketones is 1. The fourth-order valence-electron chi connectivity index (χ4n) is 6.23. The lowest BCUT2D eigenvalue weighted by molar-refractivity contribution is -0.187. The number of aliphatic hydroxyl groups is 1. The summed E-state index contributed by atoms with van der Waals surface area (Å²) in [6, 6.07) is 4.10. The molecule has 1 aromatic rings. The molecule has 1 aromatic carbocycles. The van der Waals surface area contributed by atoms with Gasteiger partial charge in [0.05, 0.1) is 17.6 Å². The third kappa shape index (κ3) is 2.12. The maximum absolute atomic E-state index is 12.9. The second-order valence-corrected chi connectivity index (χ2v) is 8.74. The lowest BCUT2D eigenvalue weighted by Crippen LogP contribution is -2.76. The SMILES string of the molecule is C=CCN1CCC23c4c5ccc(OCCCC)c4OC2C(=O)CCC3(O)C1C5. The number of likely N-dealkylation sites (tertiary alicyclic amines) is 1. The van der Waals surface area contributed by atoms with Gasteiger partial charge < -0.3 is 14.6 Å². The summed E-state index contributed by atoms with van der Waals surface area (Å²) in [6.07, 6.45) is 5.73. The maximum Gasteiger partial charge on any atom is 0.174 e. The maximum atomic E-state index is 12.9. The molecular weight excluding hydrogens is 354 g/mol. The summed E-state index contributed by atoms with van der Waals surface area (Å²) in [6.45, 7) is 8.26. The van der Waals surface area contributed by atoms with Gasteiger partial charge in [-0.05, 0) is 37.3 Å². The van der Waals surface area contributed by atoms with Crippen LogP contribution in [-0.4, -0.2) is 53.2 Å². The van der Waals surface area contributed by atoms with Gasteiger partial charge >= 0.3 is 0 Å². The number of rotatable bonds is 6. The highest BCUT2D eigenvalue weighted by Gasteiger charge is 2.73. The molecule has 1 N–H and O–H groups in total. The van der Waals surface area contributed by atoms with Gasteiger partial charge in [-0.25, -0.2) is 0 Å². The Labute approximate surface area is 166 Å². The number of carbonyl (C=O) groups excluding carboxylic acids is 1. The van der Waals surface area contributed by atoms with Crippen LogP contribution in [0.15, 0.2) is 24.8 Å². The van der Waals surface area contributed by atoms with Crippen molar-refractivity contribution in [2.24, 2.45) is 0 Å². The van der Waals surface area contributed by atoms with Crippen LogP contribution in [-0.2, 0) is 16.6 Å². The summed E-state index contributed by atoms with van der Waals surface area (Å²) in [5, 5.41) is 12.1. The van der Waals surface area contributed by atoms with Gasteiger partial charge in [-0.3, -0.25) is 9.69 Å². The minimum atomic E-state index is -0.951. The molecule has 1 saturated carbocycles. The predicted molar refractivity (Wildman–Crippen MR) is 106 cm³/mol. The lowest BCUT2D eigenvalue weighted by atomic mass is 9.49. The summed E-state index contributed by atoms with van der Waals surface area (Å²) in [7, 11) is 0. The van der Waals surface area contributed by atoms with E-state index in [1.165, 1.54) is 5.56 Å². The minimum absolute atomic E-state index is 0.0104. The van der Waals surface area contributed by atoms with Crippen molar-refractivity contribution in [3.8, 4) is 11.5 Å². The van der Waals surface area contributed by atoms with Gasteiger partial charge in [0.2, 0.25) is 0 Å². The number of hydrogen-bond acceptors (Lipinski definition) is 5. The number of carbonyl (C=O) groups is 1. The quantitative estimate of drug-likeness (QED) is 0.605. The van der Waals surface area contributed by atoms with Crippen molar-refractivity contribution in [1.29, 1.82) is 0 Å². The summed E-state index contributed by atoms with van der Waals surface area (Å²) < 4.78 is 12.4. The molecule has 2 fully saturated rings. The van der Waals surface area contributed by atoms with E-state index in [1.54, 1.807) is 0 Å². The second kappa shape index (κ2) is 6.33. The van der Waals surface area contributed by atoms with Crippen LogP contribution in [0.5, 0.6) is 11.5 Å². The Morgan fingerprint density at radius 2 is 2.29 bits per heavy atom. The molecule has 5 nitrogen and oxygen atoms in total. The molecule has 2 heterocycles. The molecular formula is C23H29NO4. The fourth-order valence-corrected chi connectivity index (χ4v) is 6.23. The molecule has 4 unspecified atom stereocenters. The smallest absolute Gasteiger partial charge is 0.174 e. The van der Waals surface area contributed by atoms with Crippen LogP contribution in [0.25, 0.3) is 0 Å². The van der Waals surface area contributed by atoms with Gasteiger partial charge in [-0.15, -0.1) is 6.58 Å². The summed E-state index contributed by atoms with van der Waals surface area (Å²) in [4.78, 5) is 15.3. The molecule has 28 heavy (non-hydrogen) atoms. The Kier molecular flexibility index (Phi) is 4.11.